The number of carbonyl (C=O) groups excluding carboxylic acids is 1. The van der Waals surface area contributed by atoms with E-state index in [1.54, 1.807) is 6.07 Å². The molecule has 0 aromatic heterocycles. The van der Waals surface area contributed by atoms with Gasteiger partial charge in [-0.15, -0.1) is 4.91 Å². The zero-order chi connectivity index (χ0) is 19.9. The highest BCUT2D eigenvalue weighted by atomic mass is 16.3. The van der Waals surface area contributed by atoms with Crippen molar-refractivity contribution in [3.63, 3.8) is 0 Å². The van der Waals surface area contributed by atoms with E-state index >= 15 is 0 Å². The van der Waals surface area contributed by atoms with E-state index in [1.807, 2.05) is 61.2 Å². The third-order valence-corrected chi connectivity index (χ3v) is 5.27. The smallest absolute Gasteiger partial charge is 0.253 e. The van der Waals surface area contributed by atoms with E-state index in [9.17, 15) is 9.70 Å². The summed E-state index contributed by atoms with van der Waals surface area (Å²) in [6.45, 7) is 7.27. The number of carbonyl (C=O) groups is 1. The van der Waals surface area contributed by atoms with Crippen LogP contribution in [0.5, 0.6) is 0 Å². The summed E-state index contributed by atoms with van der Waals surface area (Å²) in [6.07, 6.45) is 1.93. The summed E-state index contributed by atoms with van der Waals surface area (Å²) in [5.74, 6) is 0.0553. The van der Waals surface area contributed by atoms with Gasteiger partial charge in [0.15, 0.2) is 0 Å². The van der Waals surface area contributed by atoms with Gasteiger partial charge < -0.3 is 10.2 Å². The van der Waals surface area contributed by atoms with Gasteiger partial charge in [0.1, 0.15) is 5.69 Å². The monoisotopic (exact) mass is 377 g/mol. The summed E-state index contributed by atoms with van der Waals surface area (Å²) < 4.78 is 0. The van der Waals surface area contributed by atoms with Gasteiger partial charge in [0, 0.05) is 18.7 Å². The number of amides is 1. The van der Waals surface area contributed by atoms with Crippen LogP contribution in [0.1, 0.15) is 48.2 Å². The average molecular weight is 377 g/mol. The van der Waals surface area contributed by atoms with Crippen molar-refractivity contribution in [2.75, 3.05) is 26.2 Å². The van der Waals surface area contributed by atoms with Crippen LogP contribution in [0.4, 0.5) is 5.69 Å². The maximum Gasteiger partial charge on any atom is 0.253 e. The molecule has 3 rings (SSSR count). The molecule has 2 aromatic rings. The molecule has 1 N–H and O–H groups in total. The Morgan fingerprint density at radius 1 is 0.964 bits per heavy atom. The fourth-order valence-corrected chi connectivity index (χ4v) is 3.74. The molecule has 5 heteroatoms. The maximum absolute atomic E-state index is 12.6. The topological polar surface area (TPSA) is 61.8 Å². The van der Waals surface area contributed by atoms with E-state index in [0.29, 0.717) is 24.3 Å². The van der Waals surface area contributed by atoms with Gasteiger partial charge in [-0.05, 0) is 85.9 Å². The van der Waals surface area contributed by atoms with Gasteiger partial charge in [0.25, 0.3) is 5.91 Å². The second-order valence-corrected chi connectivity index (χ2v) is 6.92. The number of nitrogens with zero attached hydrogens (tertiary/aromatic N) is 2. The van der Waals surface area contributed by atoms with Crippen LogP contribution >= 0.6 is 0 Å². The zero-order valence-corrected chi connectivity index (χ0v) is 16.6. The second-order valence-electron chi connectivity index (χ2n) is 6.92. The van der Waals surface area contributed by atoms with E-state index in [-0.39, 0.29) is 5.91 Å². The van der Waals surface area contributed by atoms with Crippen molar-refractivity contribution in [3.05, 3.63) is 75.7 Å². The lowest BCUT2D eigenvalue weighted by Gasteiger charge is -2.22. The number of nitrogens with one attached hydrogen (secondary N) is 1. The lowest BCUT2D eigenvalue weighted by Crippen LogP contribution is -2.30. The molecule has 0 aliphatic carbocycles. The number of piperidine rings is 1. The van der Waals surface area contributed by atoms with Crippen LogP contribution in [0, 0.1) is 4.91 Å². The van der Waals surface area contributed by atoms with Gasteiger partial charge in [0.2, 0.25) is 0 Å². The number of rotatable bonds is 6. The van der Waals surface area contributed by atoms with Gasteiger partial charge in [-0.25, -0.2) is 0 Å². The number of hydrogen-bond acceptors (Lipinski definition) is 4. The van der Waals surface area contributed by atoms with Crippen LogP contribution in [0.2, 0.25) is 0 Å². The Balaban J connectivity index is 2.01. The third kappa shape index (κ3) is 4.37. The maximum atomic E-state index is 12.6. The molecule has 1 amide bonds. The van der Waals surface area contributed by atoms with Crippen LogP contribution < -0.4 is 5.32 Å². The van der Waals surface area contributed by atoms with E-state index in [4.69, 9.17) is 0 Å². The fraction of sp³-hybridized carbons (Fsp3) is 0.348. The summed E-state index contributed by atoms with van der Waals surface area (Å²) in [6, 6.07) is 15.3. The normalized spacial score (nSPS) is 13.9. The minimum absolute atomic E-state index is 0.0553. The lowest BCUT2D eigenvalue weighted by molar-refractivity contribution is 0.0773. The minimum Gasteiger partial charge on any atom is -0.339 e. The van der Waals surface area contributed by atoms with Crippen LogP contribution in [0.3, 0.4) is 0 Å². The van der Waals surface area contributed by atoms with Crippen LogP contribution in [0.25, 0.3) is 5.57 Å². The highest BCUT2D eigenvalue weighted by Crippen LogP contribution is 2.33. The highest BCUT2D eigenvalue weighted by Gasteiger charge is 2.17. The van der Waals surface area contributed by atoms with E-state index in [0.717, 1.165) is 42.6 Å². The first-order valence-electron chi connectivity index (χ1n) is 9.94. The van der Waals surface area contributed by atoms with Gasteiger partial charge in [-0.2, -0.15) is 0 Å². The fourth-order valence-electron chi connectivity index (χ4n) is 3.74. The molecule has 0 bridgehead atoms. The molecule has 5 nitrogen and oxygen atoms in total. The van der Waals surface area contributed by atoms with Crippen molar-refractivity contribution in [2.45, 2.75) is 26.7 Å². The molecule has 1 aliphatic heterocycles. The Bertz CT molecular complexity index is 860. The van der Waals surface area contributed by atoms with Gasteiger partial charge >= 0.3 is 0 Å². The number of nitroso groups, excluding NO2 is 1. The number of benzene rings is 2. The highest BCUT2D eigenvalue weighted by molar-refractivity contribution is 5.95. The summed E-state index contributed by atoms with van der Waals surface area (Å²) in [7, 11) is 0. The molecule has 0 atom stereocenters. The summed E-state index contributed by atoms with van der Waals surface area (Å²) in [5.41, 5.74) is 5.70. The van der Waals surface area contributed by atoms with E-state index in [1.165, 1.54) is 5.57 Å². The Morgan fingerprint density at radius 2 is 1.61 bits per heavy atom. The first kappa shape index (κ1) is 20.0. The van der Waals surface area contributed by atoms with Crippen LogP contribution in [0.15, 0.2) is 59.3 Å². The largest absolute Gasteiger partial charge is 0.339 e. The first-order valence-corrected chi connectivity index (χ1v) is 9.94. The molecular weight excluding hydrogens is 350 g/mol. The summed E-state index contributed by atoms with van der Waals surface area (Å²) in [5, 5.41) is 6.48. The van der Waals surface area contributed by atoms with Gasteiger partial charge in [0.05, 0.1) is 0 Å². The molecule has 0 saturated carbocycles. The Hall–Kier alpha value is -2.79. The van der Waals surface area contributed by atoms with Crippen LogP contribution in [-0.2, 0) is 0 Å². The minimum atomic E-state index is 0.0553. The molecule has 0 unspecified atom stereocenters. The van der Waals surface area contributed by atoms with Crippen molar-refractivity contribution in [2.24, 2.45) is 5.18 Å². The predicted octanol–water partition coefficient (Wildman–Crippen LogP) is 4.75. The van der Waals surface area contributed by atoms with E-state index < -0.39 is 0 Å². The molecule has 2 aromatic carbocycles. The molecule has 0 radical (unpaired) electrons. The number of hydrogen-bond donors (Lipinski definition) is 1. The molecule has 0 spiro atoms. The molecule has 28 heavy (non-hydrogen) atoms. The molecule has 1 fully saturated rings. The first-order chi connectivity index (χ1) is 13.7. The molecule has 1 heterocycles. The lowest BCUT2D eigenvalue weighted by atomic mass is 9.88. The van der Waals surface area contributed by atoms with Crippen molar-refractivity contribution < 1.29 is 4.79 Å². The van der Waals surface area contributed by atoms with Crippen molar-refractivity contribution in [3.8, 4) is 0 Å². The molecule has 1 aliphatic rings. The third-order valence-electron chi connectivity index (χ3n) is 5.27. The SMILES string of the molecule is CCN(CC)C(=O)c1ccc(C(=C2CCNCC2)c2cccc(N=O)c2)cc1. The predicted molar refractivity (Wildman–Crippen MR) is 114 cm³/mol. The summed E-state index contributed by atoms with van der Waals surface area (Å²) >= 11 is 0. The second kappa shape index (κ2) is 9.42. The quantitative estimate of drug-likeness (QED) is 0.739. The van der Waals surface area contributed by atoms with Crippen molar-refractivity contribution in [1.82, 2.24) is 10.2 Å². The standard InChI is InChI=1S/C23H27N3O2/c1-3-26(4-2)23(27)19-10-8-17(9-11-19)22(18-12-14-24-15-13-18)20-6-5-7-21(16-20)25-28/h5-11,16,24H,3-4,12-15H2,1-2H3. The molecule has 146 valence electrons. The summed E-state index contributed by atoms with van der Waals surface area (Å²) in [4.78, 5) is 25.4. The van der Waals surface area contributed by atoms with Crippen LogP contribution in [-0.4, -0.2) is 37.0 Å². The zero-order valence-electron chi connectivity index (χ0n) is 16.6. The van der Waals surface area contributed by atoms with E-state index in [2.05, 4.69) is 10.5 Å². The van der Waals surface area contributed by atoms with Crippen molar-refractivity contribution >= 4 is 17.2 Å². The van der Waals surface area contributed by atoms with Crippen molar-refractivity contribution in [1.29, 1.82) is 0 Å². The Labute approximate surface area is 166 Å². The average Bonchev–Trinajstić information content (AvgIpc) is 2.76. The Kier molecular flexibility index (Phi) is 6.71. The van der Waals surface area contributed by atoms with Gasteiger partial charge in [-0.1, -0.05) is 29.8 Å². The van der Waals surface area contributed by atoms with Gasteiger partial charge in [-0.3, -0.25) is 4.79 Å². The molecule has 1 saturated heterocycles. The molecular formula is C23H27N3O2. The Morgan fingerprint density at radius 3 is 2.21 bits per heavy atom.